The summed E-state index contributed by atoms with van der Waals surface area (Å²) in [6.45, 7) is 11.0. The van der Waals surface area contributed by atoms with Gasteiger partial charge in [0, 0.05) is 0 Å². The van der Waals surface area contributed by atoms with Crippen LogP contribution in [0.4, 0.5) is 0 Å². The van der Waals surface area contributed by atoms with Crippen LogP contribution in [0.5, 0.6) is 0 Å². The molecule has 0 aliphatic rings. The molecular formula is C20H24OSi. The highest BCUT2D eigenvalue weighted by molar-refractivity contribution is 6.99. The first-order chi connectivity index (χ1) is 10.5. The predicted molar refractivity (Wildman–Crippen MR) is 97.3 cm³/mol. The predicted octanol–water partition coefficient (Wildman–Crippen LogP) is 3.90. The average Bonchev–Trinajstić information content (AvgIpc) is 2.52. The van der Waals surface area contributed by atoms with Gasteiger partial charge in [0.15, 0.2) is 0 Å². The SMILES string of the molecule is C=C=CCO[Si](c1ccccc1)(c1ccccc1)C(C)(C)C. The Morgan fingerprint density at radius 1 is 0.955 bits per heavy atom. The molecule has 2 aromatic carbocycles. The maximum Gasteiger partial charge on any atom is 0.261 e. The van der Waals surface area contributed by atoms with Crippen molar-refractivity contribution in [2.75, 3.05) is 6.61 Å². The lowest BCUT2D eigenvalue weighted by atomic mass is 10.2. The monoisotopic (exact) mass is 308 g/mol. The minimum absolute atomic E-state index is 0.0186. The summed E-state index contributed by atoms with van der Waals surface area (Å²) in [4.78, 5) is 0. The summed E-state index contributed by atoms with van der Waals surface area (Å²) < 4.78 is 6.59. The molecule has 114 valence electrons. The fourth-order valence-corrected chi connectivity index (χ4v) is 7.48. The maximum atomic E-state index is 6.59. The maximum absolute atomic E-state index is 6.59. The molecule has 0 spiro atoms. The second kappa shape index (κ2) is 6.93. The Labute approximate surface area is 135 Å². The summed E-state index contributed by atoms with van der Waals surface area (Å²) in [7, 11) is -2.39. The van der Waals surface area contributed by atoms with Crippen LogP contribution >= 0.6 is 0 Å². The zero-order chi connectivity index (χ0) is 16.1. The van der Waals surface area contributed by atoms with Gasteiger partial charge >= 0.3 is 0 Å². The van der Waals surface area contributed by atoms with Gasteiger partial charge in [-0.3, -0.25) is 0 Å². The van der Waals surface area contributed by atoms with Crippen molar-refractivity contribution in [1.82, 2.24) is 0 Å². The third-order valence-corrected chi connectivity index (χ3v) is 8.95. The Kier molecular flexibility index (Phi) is 5.20. The van der Waals surface area contributed by atoms with Gasteiger partial charge in [0.05, 0.1) is 6.61 Å². The van der Waals surface area contributed by atoms with E-state index in [0.717, 1.165) is 0 Å². The Balaban J connectivity index is 2.66. The summed E-state index contributed by atoms with van der Waals surface area (Å²) in [5.41, 5.74) is 2.82. The highest BCUT2D eigenvalue weighted by Gasteiger charge is 2.49. The van der Waals surface area contributed by atoms with Crippen molar-refractivity contribution >= 4 is 18.7 Å². The molecule has 0 unspecified atom stereocenters. The molecule has 0 radical (unpaired) electrons. The number of hydrogen-bond acceptors (Lipinski definition) is 1. The fraction of sp³-hybridized carbons (Fsp3) is 0.250. The molecule has 0 atom stereocenters. The smallest absolute Gasteiger partial charge is 0.261 e. The Morgan fingerprint density at radius 2 is 1.41 bits per heavy atom. The van der Waals surface area contributed by atoms with Crippen LogP contribution in [0, 0.1) is 0 Å². The van der Waals surface area contributed by atoms with Crippen LogP contribution in [-0.2, 0) is 4.43 Å². The van der Waals surface area contributed by atoms with Crippen LogP contribution in [-0.4, -0.2) is 14.9 Å². The molecular weight excluding hydrogens is 284 g/mol. The van der Waals surface area contributed by atoms with Gasteiger partial charge in [-0.1, -0.05) is 88.0 Å². The largest absolute Gasteiger partial charge is 0.403 e. The molecule has 1 nitrogen and oxygen atoms in total. The van der Waals surface area contributed by atoms with Crippen LogP contribution in [0.3, 0.4) is 0 Å². The van der Waals surface area contributed by atoms with E-state index < -0.39 is 8.32 Å². The number of rotatable bonds is 5. The zero-order valence-electron chi connectivity index (χ0n) is 13.7. The van der Waals surface area contributed by atoms with Crippen molar-refractivity contribution < 1.29 is 4.43 Å². The van der Waals surface area contributed by atoms with E-state index in [1.54, 1.807) is 0 Å². The molecule has 0 aliphatic carbocycles. The summed E-state index contributed by atoms with van der Waals surface area (Å²) in [5, 5.41) is 2.61. The van der Waals surface area contributed by atoms with Crippen molar-refractivity contribution in [3.8, 4) is 0 Å². The van der Waals surface area contributed by atoms with Crippen LogP contribution in [0.15, 0.2) is 79.0 Å². The van der Waals surface area contributed by atoms with Crippen molar-refractivity contribution in [2.45, 2.75) is 25.8 Å². The molecule has 0 aromatic heterocycles. The lowest BCUT2D eigenvalue weighted by molar-refractivity contribution is 0.339. The van der Waals surface area contributed by atoms with Gasteiger partial charge in [0.1, 0.15) is 0 Å². The van der Waals surface area contributed by atoms with Crippen molar-refractivity contribution in [3.63, 3.8) is 0 Å². The lowest BCUT2D eigenvalue weighted by Gasteiger charge is -2.42. The van der Waals surface area contributed by atoms with E-state index in [4.69, 9.17) is 4.43 Å². The van der Waals surface area contributed by atoms with Crippen molar-refractivity contribution in [1.29, 1.82) is 0 Å². The van der Waals surface area contributed by atoms with E-state index >= 15 is 0 Å². The van der Waals surface area contributed by atoms with Gasteiger partial charge in [0.25, 0.3) is 8.32 Å². The Morgan fingerprint density at radius 3 is 1.77 bits per heavy atom. The first-order valence-corrected chi connectivity index (χ1v) is 9.52. The van der Waals surface area contributed by atoms with Crippen LogP contribution in [0.25, 0.3) is 0 Å². The number of benzene rings is 2. The second-order valence-electron chi connectivity index (χ2n) is 6.38. The van der Waals surface area contributed by atoms with E-state index in [2.05, 4.69) is 93.7 Å². The lowest BCUT2D eigenvalue weighted by Crippen LogP contribution is -2.66. The van der Waals surface area contributed by atoms with Crippen LogP contribution in [0.2, 0.25) is 5.04 Å². The first kappa shape index (κ1) is 16.5. The van der Waals surface area contributed by atoms with E-state index in [1.165, 1.54) is 10.4 Å². The third kappa shape index (κ3) is 3.15. The van der Waals surface area contributed by atoms with E-state index in [0.29, 0.717) is 6.61 Å². The second-order valence-corrected chi connectivity index (χ2v) is 10.7. The Bertz CT molecular complexity index is 595. The fourth-order valence-electron chi connectivity index (χ4n) is 2.99. The molecule has 0 amide bonds. The quantitative estimate of drug-likeness (QED) is 0.601. The summed E-state index contributed by atoms with van der Waals surface area (Å²) in [6.07, 6.45) is 1.86. The number of hydrogen-bond donors (Lipinski definition) is 0. The molecule has 0 heterocycles. The normalized spacial score (nSPS) is 11.8. The average molecular weight is 308 g/mol. The minimum Gasteiger partial charge on any atom is -0.403 e. The third-order valence-electron chi connectivity index (χ3n) is 3.94. The molecule has 0 aliphatic heterocycles. The molecule has 2 heteroatoms. The molecule has 0 saturated heterocycles. The highest BCUT2D eigenvalue weighted by Crippen LogP contribution is 2.36. The zero-order valence-corrected chi connectivity index (χ0v) is 14.7. The van der Waals surface area contributed by atoms with Gasteiger partial charge in [0.2, 0.25) is 0 Å². The topological polar surface area (TPSA) is 9.23 Å². The van der Waals surface area contributed by atoms with E-state index in [1.807, 2.05) is 6.08 Å². The molecule has 2 rings (SSSR count). The molecule has 2 aromatic rings. The Hall–Kier alpha value is -1.86. The standard InChI is InChI=1S/C20H24OSi/c1-5-6-17-21-22(20(2,3)4,18-13-9-7-10-14-18)19-15-11-8-12-16-19/h6-16H,1,17H2,2-4H3. The van der Waals surface area contributed by atoms with Gasteiger partial charge < -0.3 is 4.43 Å². The minimum atomic E-state index is -2.39. The molecule has 0 saturated carbocycles. The van der Waals surface area contributed by atoms with Crippen molar-refractivity contribution in [3.05, 3.63) is 79.0 Å². The van der Waals surface area contributed by atoms with Crippen LogP contribution < -0.4 is 10.4 Å². The van der Waals surface area contributed by atoms with Crippen molar-refractivity contribution in [2.24, 2.45) is 0 Å². The summed E-state index contributed by atoms with van der Waals surface area (Å²) in [5.74, 6) is 0. The highest BCUT2D eigenvalue weighted by atomic mass is 28.4. The van der Waals surface area contributed by atoms with Gasteiger partial charge in [-0.25, -0.2) is 0 Å². The molecule has 22 heavy (non-hydrogen) atoms. The first-order valence-electron chi connectivity index (χ1n) is 7.61. The van der Waals surface area contributed by atoms with Crippen LogP contribution in [0.1, 0.15) is 20.8 Å². The summed E-state index contributed by atoms with van der Waals surface area (Å²) in [6, 6.07) is 21.3. The van der Waals surface area contributed by atoms with Gasteiger partial charge in [-0.15, -0.1) is 5.73 Å². The summed E-state index contributed by atoms with van der Waals surface area (Å²) >= 11 is 0. The van der Waals surface area contributed by atoms with E-state index in [-0.39, 0.29) is 5.04 Å². The van der Waals surface area contributed by atoms with E-state index in [9.17, 15) is 0 Å². The van der Waals surface area contributed by atoms with Gasteiger partial charge in [-0.05, 0) is 21.5 Å². The van der Waals surface area contributed by atoms with Gasteiger partial charge in [-0.2, -0.15) is 0 Å². The molecule has 0 bridgehead atoms. The molecule has 0 N–H and O–H groups in total. The molecule has 0 fully saturated rings.